The number of rotatable bonds is 3. The zero-order chi connectivity index (χ0) is 20.7. The quantitative estimate of drug-likeness (QED) is 0.476. The summed E-state index contributed by atoms with van der Waals surface area (Å²) in [4.78, 5) is 31.7. The number of H-pyrrole nitrogens is 2. The lowest BCUT2D eigenvalue weighted by atomic mass is 10.0. The number of fused-ring (bicyclic) bond motifs is 2. The Bertz CT molecular complexity index is 1300. The third-order valence-electron chi connectivity index (χ3n) is 5.15. The van der Waals surface area contributed by atoms with Gasteiger partial charge in [0, 0.05) is 30.6 Å². The molecule has 2 amide bonds. The summed E-state index contributed by atoms with van der Waals surface area (Å²) in [7, 11) is 1.59. The fraction of sp³-hybridized carbons (Fsp3) is 0.143. The monoisotopic (exact) mass is 396 g/mol. The molecule has 0 aliphatic heterocycles. The molecule has 0 fully saturated rings. The van der Waals surface area contributed by atoms with Crippen LogP contribution in [0, 0.1) is 11.6 Å². The fourth-order valence-electron chi connectivity index (χ4n) is 3.37. The number of hydrogen-bond acceptors (Lipinski definition) is 2. The number of pyridine rings is 1. The molecule has 0 aliphatic rings. The normalized spacial score (nSPS) is 12.3. The van der Waals surface area contributed by atoms with Crippen LogP contribution in [0.5, 0.6) is 0 Å². The van der Waals surface area contributed by atoms with Gasteiger partial charge >= 0.3 is 6.03 Å². The van der Waals surface area contributed by atoms with Crippen molar-refractivity contribution in [2.24, 2.45) is 0 Å². The standard InChI is InChI=1S/C21H18F2N4O2/c1-11(15-10-25-20(28)18-14(15)5-6-16(22)19(18)23)27(2)21(29)26-13-4-3-12-7-8-24-17(12)9-13/h3-11,24H,1-2H3,(H,25,28)(H,26,29)/t11-/m1/s1. The second-order valence-electron chi connectivity index (χ2n) is 6.85. The van der Waals surface area contributed by atoms with Crippen LogP contribution in [-0.4, -0.2) is 27.9 Å². The van der Waals surface area contributed by atoms with Crippen LogP contribution in [0.4, 0.5) is 19.3 Å². The Balaban J connectivity index is 1.64. The molecule has 0 spiro atoms. The molecule has 2 aromatic carbocycles. The summed E-state index contributed by atoms with van der Waals surface area (Å²) in [6, 6.07) is 8.84. The number of nitrogens with one attached hydrogen (secondary N) is 3. The van der Waals surface area contributed by atoms with E-state index in [9.17, 15) is 18.4 Å². The van der Waals surface area contributed by atoms with Gasteiger partial charge in [0.2, 0.25) is 0 Å². The van der Waals surface area contributed by atoms with Crippen LogP contribution in [0.2, 0.25) is 0 Å². The smallest absolute Gasteiger partial charge is 0.322 e. The molecule has 3 N–H and O–H groups in total. The summed E-state index contributed by atoms with van der Waals surface area (Å²) < 4.78 is 27.7. The second-order valence-corrected chi connectivity index (χ2v) is 6.85. The Morgan fingerprint density at radius 1 is 1.14 bits per heavy atom. The third-order valence-corrected chi connectivity index (χ3v) is 5.15. The molecule has 4 aromatic rings. The Labute approximate surface area is 164 Å². The van der Waals surface area contributed by atoms with E-state index < -0.39 is 23.2 Å². The first kappa shape index (κ1) is 18.7. The number of aromatic nitrogens is 2. The van der Waals surface area contributed by atoms with Gasteiger partial charge in [-0.25, -0.2) is 13.6 Å². The third kappa shape index (κ3) is 3.22. The minimum absolute atomic E-state index is 0.257. The number of anilines is 1. The lowest BCUT2D eigenvalue weighted by Gasteiger charge is -2.26. The predicted octanol–water partition coefficient (Wildman–Crippen LogP) is 4.51. The van der Waals surface area contributed by atoms with E-state index in [1.165, 1.54) is 17.2 Å². The van der Waals surface area contributed by atoms with Gasteiger partial charge in [-0.3, -0.25) is 4.79 Å². The van der Waals surface area contributed by atoms with Gasteiger partial charge in [0.1, 0.15) is 0 Å². The number of hydrogen-bond donors (Lipinski definition) is 3. The van der Waals surface area contributed by atoms with Crippen molar-refractivity contribution in [1.82, 2.24) is 14.9 Å². The highest BCUT2D eigenvalue weighted by atomic mass is 19.2. The van der Waals surface area contributed by atoms with Crippen LogP contribution in [0.15, 0.2) is 53.6 Å². The van der Waals surface area contributed by atoms with E-state index in [0.717, 1.165) is 17.0 Å². The number of benzene rings is 2. The molecule has 29 heavy (non-hydrogen) atoms. The SMILES string of the molecule is C[C@H](c1c[nH]c(=O)c2c(F)c(F)ccc12)N(C)C(=O)Nc1ccc2cc[nH]c2c1. The molecule has 1 atom stereocenters. The van der Waals surface area contributed by atoms with Crippen LogP contribution in [0.25, 0.3) is 21.7 Å². The molecule has 0 saturated heterocycles. The minimum Gasteiger partial charge on any atom is -0.361 e. The molecule has 6 nitrogen and oxygen atoms in total. The van der Waals surface area contributed by atoms with Crippen molar-refractivity contribution in [3.05, 3.63) is 76.3 Å². The Kier molecular flexibility index (Phi) is 4.54. The van der Waals surface area contributed by atoms with E-state index in [2.05, 4.69) is 15.3 Å². The first-order chi connectivity index (χ1) is 13.9. The van der Waals surface area contributed by atoms with Crippen molar-refractivity contribution in [3.63, 3.8) is 0 Å². The van der Waals surface area contributed by atoms with Gasteiger partial charge in [-0.1, -0.05) is 12.1 Å². The summed E-state index contributed by atoms with van der Waals surface area (Å²) in [5.41, 5.74) is 1.28. The van der Waals surface area contributed by atoms with Crippen LogP contribution in [0.3, 0.4) is 0 Å². The number of amides is 2. The summed E-state index contributed by atoms with van der Waals surface area (Å²) in [5, 5.41) is 3.74. The van der Waals surface area contributed by atoms with Crippen LogP contribution in [0.1, 0.15) is 18.5 Å². The average molecular weight is 396 g/mol. The molecule has 0 unspecified atom stereocenters. The average Bonchev–Trinajstić information content (AvgIpc) is 3.17. The van der Waals surface area contributed by atoms with E-state index in [4.69, 9.17) is 0 Å². The Morgan fingerprint density at radius 3 is 2.72 bits per heavy atom. The summed E-state index contributed by atoms with van der Waals surface area (Å²) in [6.45, 7) is 1.74. The molecule has 148 valence electrons. The van der Waals surface area contributed by atoms with Gasteiger partial charge in [0.15, 0.2) is 11.6 Å². The van der Waals surface area contributed by atoms with Crippen molar-refractivity contribution in [1.29, 1.82) is 0 Å². The number of halogens is 2. The lowest BCUT2D eigenvalue weighted by molar-refractivity contribution is 0.208. The number of aromatic amines is 2. The van der Waals surface area contributed by atoms with Gasteiger partial charge in [0.05, 0.1) is 11.4 Å². The molecule has 8 heteroatoms. The van der Waals surface area contributed by atoms with Crippen LogP contribution in [-0.2, 0) is 0 Å². The highest BCUT2D eigenvalue weighted by Gasteiger charge is 2.22. The topological polar surface area (TPSA) is 81.0 Å². The summed E-state index contributed by atoms with van der Waals surface area (Å²) in [5.74, 6) is -2.30. The Morgan fingerprint density at radius 2 is 1.93 bits per heavy atom. The maximum atomic E-state index is 14.2. The van der Waals surface area contributed by atoms with E-state index in [1.54, 1.807) is 20.0 Å². The molecular formula is C21H18F2N4O2. The molecule has 0 saturated carbocycles. The van der Waals surface area contributed by atoms with Gasteiger partial charge in [-0.05, 0) is 47.5 Å². The maximum absolute atomic E-state index is 14.2. The van der Waals surface area contributed by atoms with Crippen molar-refractivity contribution < 1.29 is 13.6 Å². The van der Waals surface area contributed by atoms with Gasteiger partial charge in [0.25, 0.3) is 5.56 Å². The zero-order valence-corrected chi connectivity index (χ0v) is 15.7. The van der Waals surface area contributed by atoms with E-state index >= 15 is 0 Å². The van der Waals surface area contributed by atoms with E-state index in [0.29, 0.717) is 11.3 Å². The van der Waals surface area contributed by atoms with Crippen molar-refractivity contribution in [2.75, 3.05) is 12.4 Å². The number of carbonyl (C=O) groups is 1. The fourth-order valence-corrected chi connectivity index (χ4v) is 3.37. The largest absolute Gasteiger partial charge is 0.361 e. The molecule has 0 radical (unpaired) electrons. The highest BCUT2D eigenvalue weighted by molar-refractivity contribution is 5.93. The minimum atomic E-state index is -1.20. The zero-order valence-electron chi connectivity index (χ0n) is 15.7. The number of urea groups is 1. The van der Waals surface area contributed by atoms with Gasteiger partial charge < -0.3 is 20.2 Å². The number of nitrogens with zero attached hydrogens (tertiary/aromatic N) is 1. The summed E-state index contributed by atoms with van der Waals surface area (Å²) >= 11 is 0. The van der Waals surface area contributed by atoms with Crippen molar-refractivity contribution >= 4 is 33.4 Å². The summed E-state index contributed by atoms with van der Waals surface area (Å²) in [6.07, 6.45) is 3.23. The van der Waals surface area contributed by atoms with E-state index in [-0.39, 0.29) is 16.8 Å². The van der Waals surface area contributed by atoms with Gasteiger partial charge in [-0.2, -0.15) is 0 Å². The van der Waals surface area contributed by atoms with Crippen molar-refractivity contribution in [2.45, 2.75) is 13.0 Å². The molecule has 0 aliphatic carbocycles. The first-order valence-electron chi connectivity index (χ1n) is 8.97. The lowest BCUT2D eigenvalue weighted by Crippen LogP contribution is -2.34. The van der Waals surface area contributed by atoms with Crippen LogP contribution < -0.4 is 10.9 Å². The van der Waals surface area contributed by atoms with Crippen molar-refractivity contribution in [3.8, 4) is 0 Å². The molecular weight excluding hydrogens is 378 g/mol. The van der Waals surface area contributed by atoms with Crippen LogP contribution >= 0.6 is 0 Å². The molecule has 4 rings (SSSR count). The molecule has 0 bridgehead atoms. The first-order valence-corrected chi connectivity index (χ1v) is 8.97. The second kappa shape index (κ2) is 7.05. The van der Waals surface area contributed by atoms with Gasteiger partial charge in [-0.15, -0.1) is 0 Å². The van der Waals surface area contributed by atoms with E-state index in [1.807, 2.05) is 24.4 Å². The molecule has 2 heterocycles. The highest BCUT2D eigenvalue weighted by Crippen LogP contribution is 2.28. The molecule has 2 aromatic heterocycles. The Hall–Kier alpha value is -3.68. The number of carbonyl (C=O) groups excluding carboxylic acids is 1. The predicted molar refractivity (Wildman–Crippen MR) is 108 cm³/mol. The maximum Gasteiger partial charge on any atom is 0.322 e.